The van der Waals surface area contributed by atoms with Crippen LogP contribution in [0.5, 0.6) is 11.5 Å². The van der Waals surface area contributed by atoms with Gasteiger partial charge in [-0.2, -0.15) is 4.31 Å². The predicted octanol–water partition coefficient (Wildman–Crippen LogP) is 3.28. The number of amides is 1. The molecule has 9 heteroatoms. The van der Waals surface area contributed by atoms with Gasteiger partial charge in [0.25, 0.3) is 15.9 Å². The Bertz CT molecular complexity index is 898. The van der Waals surface area contributed by atoms with Gasteiger partial charge in [-0.05, 0) is 61.9 Å². The Hall–Kier alpha value is -2.10. The van der Waals surface area contributed by atoms with E-state index in [0.29, 0.717) is 36.1 Å². The SMILES string of the molecule is CCOc1ccc(OCC(=O)NCCC2CCCCN2S(=O)(=O)c2cccs2)cc1. The van der Waals surface area contributed by atoms with Crippen molar-refractivity contribution in [3.05, 3.63) is 41.8 Å². The lowest BCUT2D eigenvalue weighted by Gasteiger charge is -2.34. The lowest BCUT2D eigenvalue weighted by atomic mass is 10.0. The van der Waals surface area contributed by atoms with Gasteiger partial charge in [0.05, 0.1) is 6.61 Å². The van der Waals surface area contributed by atoms with Gasteiger partial charge < -0.3 is 14.8 Å². The second-order valence-electron chi connectivity index (χ2n) is 7.03. The summed E-state index contributed by atoms with van der Waals surface area (Å²) in [6.45, 7) is 3.36. The standard InChI is InChI=1S/C21H28N2O5S2/c1-2-27-18-8-10-19(11-9-18)28-16-20(24)22-13-12-17-6-3-4-14-23(17)30(25,26)21-7-5-15-29-21/h5,7-11,15,17H,2-4,6,12-14,16H2,1H3,(H,22,24). The molecule has 7 nitrogen and oxygen atoms in total. The van der Waals surface area contributed by atoms with Crippen LogP contribution in [0.3, 0.4) is 0 Å². The van der Waals surface area contributed by atoms with E-state index in [-0.39, 0.29) is 18.6 Å². The van der Waals surface area contributed by atoms with Gasteiger partial charge in [-0.3, -0.25) is 4.79 Å². The van der Waals surface area contributed by atoms with Gasteiger partial charge in [-0.15, -0.1) is 11.3 Å². The van der Waals surface area contributed by atoms with Crippen LogP contribution in [0.1, 0.15) is 32.6 Å². The van der Waals surface area contributed by atoms with E-state index in [1.54, 1.807) is 46.1 Å². The summed E-state index contributed by atoms with van der Waals surface area (Å²) in [6.07, 6.45) is 3.25. The Morgan fingerprint density at radius 3 is 2.57 bits per heavy atom. The van der Waals surface area contributed by atoms with Gasteiger partial charge in [0.2, 0.25) is 0 Å². The van der Waals surface area contributed by atoms with Crippen LogP contribution >= 0.6 is 11.3 Å². The van der Waals surface area contributed by atoms with Gasteiger partial charge >= 0.3 is 0 Å². The van der Waals surface area contributed by atoms with Gasteiger partial charge in [-0.1, -0.05) is 12.5 Å². The van der Waals surface area contributed by atoms with Crippen molar-refractivity contribution in [2.75, 3.05) is 26.3 Å². The van der Waals surface area contributed by atoms with Crippen molar-refractivity contribution in [1.82, 2.24) is 9.62 Å². The number of benzene rings is 1. The summed E-state index contributed by atoms with van der Waals surface area (Å²) in [5.74, 6) is 1.12. The highest BCUT2D eigenvalue weighted by Crippen LogP contribution is 2.29. The maximum atomic E-state index is 12.9. The molecule has 1 fully saturated rings. The zero-order valence-electron chi connectivity index (χ0n) is 17.1. The molecule has 2 heterocycles. The van der Waals surface area contributed by atoms with E-state index in [9.17, 15) is 13.2 Å². The highest BCUT2D eigenvalue weighted by molar-refractivity contribution is 7.91. The quantitative estimate of drug-likeness (QED) is 0.598. The molecule has 164 valence electrons. The van der Waals surface area contributed by atoms with Crippen molar-refractivity contribution >= 4 is 27.3 Å². The molecule has 1 aliphatic heterocycles. The number of rotatable bonds is 10. The highest BCUT2D eigenvalue weighted by Gasteiger charge is 2.33. The summed E-state index contributed by atoms with van der Waals surface area (Å²) in [5, 5.41) is 4.61. The fourth-order valence-corrected chi connectivity index (χ4v) is 6.32. The van der Waals surface area contributed by atoms with E-state index in [4.69, 9.17) is 9.47 Å². The number of thiophene rings is 1. The van der Waals surface area contributed by atoms with Gasteiger partial charge in [-0.25, -0.2) is 8.42 Å². The summed E-state index contributed by atoms with van der Waals surface area (Å²) >= 11 is 1.24. The zero-order valence-corrected chi connectivity index (χ0v) is 18.7. The van der Waals surface area contributed by atoms with E-state index in [1.807, 2.05) is 6.92 Å². The molecule has 1 aromatic carbocycles. The van der Waals surface area contributed by atoms with Gasteiger partial charge in [0.1, 0.15) is 15.7 Å². The maximum Gasteiger partial charge on any atom is 0.257 e. The number of hydrogen-bond acceptors (Lipinski definition) is 6. The van der Waals surface area contributed by atoms with E-state index in [0.717, 1.165) is 25.0 Å². The molecule has 1 aromatic heterocycles. The van der Waals surface area contributed by atoms with Crippen molar-refractivity contribution in [3.8, 4) is 11.5 Å². The molecule has 0 radical (unpaired) electrons. The molecule has 30 heavy (non-hydrogen) atoms. The smallest absolute Gasteiger partial charge is 0.257 e. The second-order valence-corrected chi connectivity index (χ2v) is 10.1. The average Bonchev–Trinajstić information content (AvgIpc) is 3.30. The largest absolute Gasteiger partial charge is 0.494 e. The Morgan fingerprint density at radius 1 is 1.17 bits per heavy atom. The van der Waals surface area contributed by atoms with Crippen molar-refractivity contribution in [3.63, 3.8) is 0 Å². The first-order valence-electron chi connectivity index (χ1n) is 10.2. The van der Waals surface area contributed by atoms with Crippen LogP contribution in [0.2, 0.25) is 0 Å². The van der Waals surface area contributed by atoms with Crippen LogP contribution in [0.25, 0.3) is 0 Å². The molecule has 0 spiro atoms. The Morgan fingerprint density at radius 2 is 1.90 bits per heavy atom. The topological polar surface area (TPSA) is 84.9 Å². The Labute approximate surface area is 182 Å². The second kappa shape index (κ2) is 10.8. The fraction of sp³-hybridized carbons (Fsp3) is 0.476. The molecular weight excluding hydrogens is 424 g/mol. The van der Waals surface area contributed by atoms with Crippen LogP contribution in [-0.4, -0.2) is 51.0 Å². The molecule has 0 saturated carbocycles. The van der Waals surface area contributed by atoms with Crippen LogP contribution in [0, 0.1) is 0 Å². The number of sulfonamides is 1. The zero-order chi connectivity index (χ0) is 21.4. The molecule has 3 rings (SSSR count). The number of piperidine rings is 1. The lowest BCUT2D eigenvalue weighted by Crippen LogP contribution is -2.45. The maximum absolute atomic E-state index is 12.9. The van der Waals surface area contributed by atoms with Crippen molar-refractivity contribution in [1.29, 1.82) is 0 Å². The van der Waals surface area contributed by atoms with Gasteiger partial charge in [0, 0.05) is 19.1 Å². The third-order valence-corrected chi connectivity index (χ3v) is 8.26. The summed E-state index contributed by atoms with van der Waals surface area (Å²) in [5.41, 5.74) is 0. The lowest BCUT2D eigenvalue weighted by molar-refractivity contribution is -0.123. The molecular formula is C21H28N2O5S2. The number of nitrogens with zero attached hydrogens (tertiary/aromatic N) is 1. The first kappa shape index (κ1) is 22.6. The van der Waals surface area contributed by atoms with E-state index in [2.05, 4.69) is 5.32 Å². The summed E-state index contributed by atoms with van der Waals surface area (Å²) in [6, 6.07) is 10.4. The van der Waals surface area contributed by atoms with Crippen molar-refractivity contribution < 1.29 is 22.7 Å². The van der Waals surface area contributed by atoms with Crippen LogP contribution in [-0.2, 0) is 14.8 Å². The molecule has 1 unspecified atom stereocenters. The summed E-state index contributed by atoms with van der Waals surface area (Å²) < 4.78 is 38.6. The molecule has 0 bridgehead atoms. The van der Waals surface area contributed by atoms with Gasteiger partial charge in [0.15, 0.2) is 6.61 Å². The fourth-order valence-electron chi connectivity index (χ4n) is 3.48. The minimum atomic E-state index is -3.47. The number of nitrogens with one attached hydrogen (secondary N) is 1. The number of hydrogen-bond donors (Lipinski definition) is 1. The average molecular weight is 453 g/mol. The Balaban J connectivity index is 1.45. The first-order chi connectivity index (χ1) is 14.5. The van der Waals surface area contributed by atoms with Crippen molar-refractivity contribution in [2.45, 2.75) is 42.9 Å². The number of ether oxygens (including phenoxy) is 2. The van der Waals surface area contributed by atoms with Crippen molar-refractivity contribution in [2.24, 2.45) is 0 Å². The third kappa shape index (κ3) is 5.96. The molecule has 1 N–H and O–H groups in total. The number of carbonyl (C=O) groups excluding carboxylic acids is 1. The molecule has 1 amide bonds. The minimum Gasteiger partial charge on any atom is -0.494 e. The monoisotopic (exact) mass is 452 g/mol. The normalized spacial score (nSPS) is 17.4. The molecule has 0 aliphatic carbocycles. The predicted molar refractivity (Wildman–Crippen MR) is 117 cm³/mol. The molecule has 1 atom stereocenters. The first-order valence-corrected chi connectivity index (χ1v) is 12.5. The van der Waals surface area contributed by atoms with Crippen LogP contribution in [0.15, 0.2) is 46.0 Å². The van der Waals surface area contributed by atoms with Crippen LogP contribution in [0.4, 0.5) is 0 Å². The third-order valence-electron chi connectivity index (χ3n) is 4.94. The van der Waals surface area contributed by atoms with E-state index in [1.165, 1.54) is 11.3 Å². The minimum absolute atomic E-state index is 0.0874. The number of carbonyl (C=O) groups is 1. The summed E-state index contributed by atoms with van der Waals surface area (Å²) in [4.78, 5) is 12.1. The summed E-state index contributed by atoms with van der Waals surface area (Å²) in [7, 11) is -3.47. The molecule has 2 aromatic rings. The van der Waals surface area contributed by atoms with E-state index >= 15 is 0 Å². The molecule has 1 aliphatic rings. The van der Waals surface area contributed by atoms with E-state index < -0.39 is 10.0 Å². The highest BCUT2D eigenvalue weighted by atomic mass is 32.2. The Kier molecular flexibility index (Phi) is 8.12. The molecule has 1 saturated heterocycles. The van der Waals surface area contributed by atoms with Crippen LogP contribution < -0.4 is 14.8 Å².